The zero-order chi connectivity index (χ0) is 17.4. The fraction of sp³-hybridized carbons (Fsp3) is 0.278. The standard InChI is InChI=1S/C18H21N3O3/c1-3-4-9-20-14-10-13(11-19-12-14)17(22)21-16-8-6-5-7-15(16)18(23)24-2/h5-8,10-12,20H,3-4,9H2,1-2H3,(H,21,22). The predicted molar refractivity (Wildman–Crippen MR) is 93.4 cm³/mol. The first kappa shape index (κ1) is 17.5. The van der Waals surface area contributed by atoms with E-state index in [4.69, 9.17) is 4.74 Å². The summed E-state index contributed by atoms with van der Waals surface area (Å²) in [5.41, 5.74) is 1.91. The number of nitrogens with zero attached hydrogens (tertiary/aromatic N) is 1. The Balaban J connectivity index is 2.13. The predicted octanol–water partition coefficient (Wildman–Crippen LogP) is 3.33. The third-order valence-electron chi connectivity index (χ3n) is 3.44. The summed E-state index contributed by atoms with van der Waals surface area (Å²) in [6.07, 6.45) is 5.30. The molecule has 0 bridgehead atoms. The lowest BCUT2D eigenvalue weighted by Crippen LogP contribution is -2.16. The minimum Gasteiger partial charge on any atom is -0.465 e. The van der Waals surface area contributed by atoms with E-state index in [1.54, 1.807) is 36.5 Å². The number of aromatic nitrogens is 1. The number of carbonyl (C=O) groups excluding carboxylic acids is 2. The van der Waals surface area contributed by atoms with Gasteiger partial charge in [0.25, 0.3) is 5.91 Å². The van der Waals surface area contributed by atoms with Crippen LogP contribution in [0.25, 0.3) is 0 Å². The van der Waals surface area contributed by atoms with E-state index in [0.29, 0.717) is 16.8 Å². The summed E-state index contributed by atoms with van der Waals surface area (Å²) in [7, 11) is 1.30. The number of methoxy groups -OCH3 is 1. The second-order valence-electron chi connectivity index (χ2n) is 5.23. The summed E-state index contributed by atoms with van der Waals surface area (Å²) in [5.74, 6) is -0.836. The van der Waals surface area contributed by atoms with Crippen LogP contribution in [0.3, 0.4) is 0 Å². The van der Waals surface area contributed by atoms with Crippen LogP contribution >= 0.6 is 0 Å². The summed E-state index contributed by atoms with van der Waals surface area (Å²) in [5, 5.41) is 5.96. The van der Waals surface area contributed by atoms with Gasteiger partial charge in [0.15, 0.2) is 0 Å². The molecule has 0 aliphatic rings. The van der Waals surface area contributed by atoms with Crippen molar-refractivity contribution in [3.8, 4) is 0 Å². The van der Waals surface area contributed by atoms with Gasteiger partial charge in [0.2, 0.25) is 0 Å². The molecule has 1 amide bonds. The van der Waals surface area contributed by atoms with Crippen molar-refractivity contribution in [1.82, 2.24) is 4.98 Å². The number of carbonyl (C=O) groups is 2. The quantitative estimate of drug-likeness (QED) is 0.602. The summed E-state index contributed by atoms with van der Waals surface area (Å²) >= 11 is 0. The summed E-state index contributed by atoms with van der Waals surface area (Å²) in [6, 6.07) is 8.44. The molecular formula is C18H21N3O3. The van der Waals surface area contributed by atoms with E-state index < -0.39 is 5.97 Å². The molecule has 1 heterocycles. The molecule has 2 aromatic rings. The Hall–Kier alpha value is -2.89. The Morgan fingerprint density at radius 2 is 2.00 bits per heavy atom. The number of hydrogen-bond donors (Lipinski definition) is 2. The lowest BCUT2D eigenvalue weighted by molar-refractivity contribution is 0.0602. The third-order valence-corrected chi connectivity index (χ3v) is 3.44. The van der Waals surface area contributed by atoms with Crippen molar-refractivity contribution in [2.45, 2.75) is 19.8 Å². The molecule has 0 radical (unpaired) electrons. The summed E-state index contributed by atoms with van der Waals surface area (Å²) < 4.78 is 4.73. The molecule has 0 saturated carbocycles. The van der Waals surface area contributed by atoms with Crippen molar-refractivity contribution in [2.75, 3.05) is 24.3 Å². The molecule has 1 aromatic carbocycles. The maximum absolute atomic E-state index is 12.4. The molecule has 0 unspecified atom stereocenters. The fourth-order valence-electron chi connectivity index (χ4n) is 2.14. The second kappa shape index (κ2) is 8.67. The number of unbranched alkanes of at least 4 members (excludes halogenated alkanes) is 1. The molecule has 0 aliphatic heterocycles. The topological polar surface area (TPSA) is 80.3 Å². The average Bonchev–Trinajstić information content (AvgIpc) is 2.62. The molecule has 0 fully saturated rings. The van der Waals surface area contributed by atoms with Crippen molar-refractivity contribution in [1.29, 1.82) is 0 Å². The zero-order valence-corrected chi connectivity index (χ0v) is 13.8. The highest BCUT2D eigenvalue weighted by Gasteiger charge is 2.14. The third kappa shape index (κ3) is 4.55. The van der Waals surface area contributed by atoms with Gasteiger partial charge in [-0.15, -0.1) is 0 Å². The van der Waals surface area contributed by atoms with Gasteiger partial charge < -0.3 is 15.4 Å². The maximum Gasteiger partial charge on any atom is 0.339 e. The van der Waals surface area contributed by atoms with E-state index in [1.807, 2.05) is 0 Å². The van der Waals surface area contributed by atoms with Crippen LogP contribution in [0.4, 0.5) is 11.4 Å². The van der Waals surface area contributed by atoms with Crippen molar-refractivity contribution in [3.05, 3.63) is 53.9 Å². The van der Waals surface area contributed by atoms with Crippen LogP contribution in [-0.2, 0) is 4.74 Å². The van der Waals surface area contributed by atoms with Gasteiger partial charge in [-0.2, -0.15) is 0 Å². The van der Waals surface area contributed by atoms with Gasteiger partial charge in [-0.3, -0.25) is 9.78 Å². The van der Waals surface area contributed by atoms with Crippen LogP contribution in [-0.4, -0.2) is 30.5 Å². The number of hydrogen-bond acceptors (Lipinski definition) is 5. The van der Waals surface area contributed by atoms with Crippen LogP contribution in [0.5, 0.6) is 0 Å². The average molecular weight is 327 g/mol. The molecule has 6 nitrogen and oxygen atoms in total. The van der Waals surface area contributed by atoms with E-state index in [-0.39, 0.29) is 5.91 Å². The molecule has 24 heavy (non-hydrogen) atoms. The van der Waals surface area contributed by atoms with Gasteiger partial charge in [-0.25, -0.2) is 4.79 Å². The molecule has 6 heteroatoms. The SMILES string of the molecule is CCCCNc1cncc(C(=O)Nc2ccccc2C(=O)OC)c1. The highest BCUT2D eigenvalue weighted by molar-refractivity contribution is 6.08. The molecule has 2 N–H and O–H groups in total. The molecule has 126 valence electrons. The number of para-hydroxylation sites is 1. The van der Waals surface area contributed by atoms with E-state index in [9.17, 15) is 9.59 Å². The number of rotatable bonds is 7. The molecule has 0 aliphatic carbocycles. The monoisotopic (exact) mass is 327 g/mol. The Morgan fingerprint density at radius 3 is 2.75 bits per heavy atom. The normalized spacial score (nSPS) is 10.1. The molecule has 2 rings (SSSR count). The second-order valence-corrected chi connectivity index (χ2v) is 5.23. The van der Waals surface area contributed by atoms with Gasteiger partial charge in [0.05, 0.1) is 29.6 Å². The van der Waals surface area contributed by atoms with E-state index in [2.05, 4.69) is 22.5 Å². The minimum atomic E-state index is -0.501. The number of ether oxygens (including phenoxy) is 1. The van der Waals surface area contributed by atoms with Crippen LogP contribution in [0.2, 0.25) is 0 Å². The number of esters is 1. The zero-order valence-electron chi connectivity index (χ0n) is 13.8. The Kier molecular flexibility index (Phi) is 6.31. The van der Waals surface area contributed by atoms with Gasteiger partial charge >= 0.3 is 5.97 Å². The largest absolute Gasteiger partial charge is 0.465 e. The maximum atomic E-state index is 12.4. The summed E-state index contributed by atoms with van der Waals surface area (Å²) in [6.45, 7) is 2.94. The van der Waals surface area contributed by atoms with Gasteiger partial charge in [0, 0.05) is 18.9 Å². The summed E-state index contributed by atoms with van der Waals surface area (Å²) in [4.78, 5) is 28.3. The smallest absolute Gasteiger partial charge is 0.339 e. The Labute approximate surface area is 141 Å². The van der Waals surface area contributed by atoms with E-state index in [0.717, 1.165) is 25.1 Å². The number of pyridine rings is 1. The number of amides is 1. The van der Waals surface area contributed by atoms with E-state index >= 15 is 0 Å². The molecule has 0 saturated heterocycles. The van der Waals surface area contributed by atoms with Crippen LogP contribution in [0.15, 0.2) is 42.7 Å². The minimum absolute atomic E-state index is 0.304. The highest BCUT2D eigenvalue weighted by atomic mass is 16.5. The van der Waals surface area contributed by atoms with Crippen molar-refractivity contribution in [2.24, 2.45) is 0 Å². The van der Waals surface area contributed by atoms with Crippen LogP contribution in [0, 0.1) is 0 Å². The molecule has 0 atom stereocenters. The van der Waals surface area contributed by atoms with E-state index in [1.165, 1.54) is 13.3 Å². The number of nitrogens with one attached hydrogen (secondary N) is 2. The van der Waals surface area contributed by atoms with Crippen LogP contribution in [0.1, 0.15) is 40.5 Å². The van der Waals surface area contributed by atoms with Crippen molar-refractivity contribution >= 4 is 23.3 Å². The van der Waals surface area contributed by atoms with Gasteiger partial charge in [-0.05, 0) is 24.6 Å². The molecule has 0 spiro atoms. The first-order valence-corrected chi connectivity index (χ1v) is 7.83. The lowest BCUT2D eigenvalue weighted by atomic mass is 10.1. The first-order chi connectivity index (χ1) is 11.7. The van der Waals surface area contributed by atoms with Crippen molar-refractivity contribution in [3.63, 3.8) is 0 Å². The van der Waals surface area contributed by atoms with Gasteiger partial charge in [-0.1, -0.05) is 25.5 Å². The van der Waals surface area contributed by atoms with Crippen LogP contribution < -0.4 is 10.6 Å². The number of benzene rings is 1. The molecular weight excluding hydrogens is 306 g/mol. The van der Waals surface area contributed by atoms with Gasteiger partial charge in [0.1, 0.15) is 0 Å². The Morgan fingerprint density at radius 1 is 1.21 bits per heavy atom. The lowest BCUT2D eigenvalue weighted by Gasteiger charge is -2.10. The first-order valence-electron chi connectivity index (χ1n) is 7.83. The highest BCUT2D eigenvalue weighted by Crippen LogP contribution is 2.18. The Bertz CT molecular complexity index is 716. The van der Waals surface area contributed by atoms with Crippen molar-refractivity contribution < 1.29 is 14.3 Å². The molecule has 1 aromatic heterocycles. The fourth-order valence-corrected chi connectivity index (χ4v) is 2.14. The number of anilines is 2.